The highest BCUT2D eigenvalue weighted by Crippen LogP contribution is 2.32. The van der Waals surface area contributed by atoms with E-state index < -0.39 is 0 Å². The van der Waals surface area contributed by atoms with Gasteiger partial charge in [0.25, 0.3) is 0 Å². The number of methoxy groups -OCH3 is 1. The van der Waals surface area contributed by atoms with Crippen LogP contribution in [0.4, 0.5) is 0 Å². The third-order valence-corrected chi connectivity index (χ3v) is 5.73. The number of hydrogen-bond acceptors (Lipinski definition) is 5. The molecule has 7 nitrogen and oxygen atoms in total. The Kier molecular flexibility index (Phi) is 5.83. The van der Waals surface area contributed by atoms with E-state index in [1.54, 1.807) is 18.2 Å². The topological polar surface area (TPSA) is 75.9 Å². The van der Waals surface area contributed by atoms with Gasteiger partial charge in [-0.05, 0) is 31.7 Å². The number of aromatic nitrogens is 1. The SMILES string of the molecule is COc1ccccc1Cc1cnc([C@@H]2CCCCN2C(=O)CN2CCCC2=O)o1. The van der Waals surface area contributed by atoms with Gasteiger partial charge in [0, 0.05) is 31.5 Å². The van der Waals surface area contributed by atoms with Crippen LogP contribution in [0, 0.1) is 0 Å². The number of oxazole rings is 1. The Balaban J connectivity index is 1.47. The smallest absolute Gasteiger partial charge is 0.242 e. The van der Waals surface area contributed by atoms with Crippen LogP contribution < -0.4 is 4.74 Å². The number of para-hydroxylation sites is 1. The summed E-state index contributed by atoms with van der Waals surface area (Å²) in [7, 11) is 1.65. The highest BCUT2D eigenvalue weighted by molar-refractivity contribution is 5.86. The molecule has 0 saturated carbocycles. The van der Waals surface area contributed by atoms with Gasteiger partial charge < -0.3 is 19.0 Å². The lowest BCUT2D eigenvalue weighted by Gasteiger charge is -2.34. The fraction of sp³-hybridized carbons (Fsp3) is 0.500. The third-order valence-electron chi connectivity index (χ3n) is 5.73. The van der Waals surface area contributed by atoms with Crippen molar-refractivity contribution in [3.8, 4) is 5.75 Å². The maximum atomic E-state index is 12.9. The van der Waals surface area contributed by atoms with Crippen LogP contribution in [0.3, 0.4) is 0 Å². The molecular formula is C22H27N3O4. The normalized spacial score (nSPS) is 19.6. The third kappa shape index (κ3) is 4.28. The molecule has 2 aromatic rings. The molecule has 0 aliphatic carbocycles. The van der Waals surface area contributed by atoms with Gasteiger partial charge in [-0.25, -0.2) is 4.98 Å². The van der Waals surface area contributed by atoms with Gasteiger partial charge in [0.15, 0.2) is 0 Å². The number of likely N-dealkylation sites (tertiary alicyclic amines) is 2. The van der Waals surface area contributed by atoms with Gasteiger partial charge in [-0.3, -0.25) is 9.59 Å². The largest absolute Gasteiger partial charge is 0.496 e. The molecule has 1 aromatic heterocycles. The fourth-order valence-electron chi connectivity index (χ4n) is 4.21. The maximum absolute atomic E-state index is 12.9. The van der Waals surface area contributed by atoms with Gasteiger partial charge in [0.05, 0.1) is 19.9 Å². The highest BCUT2D eigenvalue weighted by atomic mass is 16.5. The zero-order valence-corrected chi connectivity index (χ0v) is 16.8. The first-order valence-electron chi connectivity index (χ1n) is 10.3. The molecule has 2 saturated heterocycles. The first kappa shape index (κ1) is 19.5. The van der Waals surface area contributed by atoms with E-state index >= 15 is 0 Å². The van der Waals surface area contributed by atoms with E-state index in [1.165, 1.54) is 0 Å². The lowest BCUT2D eigenvalue weighted by atomic mass is 10.0. The second kappa shape index (κ2) is 8.68. The molecule has 4 rings (SSSR count). The molecule has 2 aliphatic rings. The summed E-state index contributed by atoms with van der Waals surface area (Å²) in [5.74, 6) is 2.19. The Morgan fingerprint density at radius 3 is 2.90 bits per heavy atom. The average Bonchev–Trinajstić information content (AvgIpc) is 3.37. The average molecular weight is 397 g/mol. The van der Waals surface area contributed by atoms with Gasteiger partial charge in [-0.1, -0.05) is 18.2 Å². The first-order valence-corrected chi connectivity index (χ1v) is 10.3. The summed E-state index contributed by atoms with van der Waals surface area (Å²) >= 11 is 0. The molecule has 3 heterocycles. The molecule has 1 aromatic carbocycles. The lowest BCUT2D eigenvalue weighted by Crippen LogP contribution is -2.44. The van der Waals surface area contributed by atoms with Crippen LogP contribution in [0.1, 0.15) is 55.4 Å². The Labute approximate surface area is 170 Å². The van der Waals surface area contributed by atoms with E-state index in [0.29, 0.717) is 31.8 Å². The molecule has 0 spiro atoms. The van der Waals surface area contributed by atoms with Crippen molar-refractivity contribution in [1.29, 1.82) is 0 Å². The number of carbonyl (C=O) groups excluding carboxylic acids is 2. The molecule has 2 amide bonds. The quantitative estimate of drug-likeness (QED) is 0.749. The van der Waals surface area contributed by atoms with E-state index in [9.17, 15) is 9.59 Å². The number of carbonyl (C=O) groups is 2. The molecule has 1 atom stereocenters. The molecule has 2 fully saturated rings. The number of piperidine rings is 1. The number of rotatable bonds is 6. The van der Waals surface area contributed by atoms with Gasteiger partial charge in [-0.15, -0.1) is 0 Å². The molecule has 0 radical (unpaired) electrons. The molecular weight excluding hydrogens is 370 g/mol. The molecule has 0 bridgehead atoms. The Morgan fingerprint density at radius 2 is 2.10 bits per heavy atom. The van der Waals surface area contributed by atoms with Crippen LogP contribution in [0.5, 0.6) is 5.75 Å². The summed E-state index contributed by atoms with van der Waals surface area (Å²) in [6.45, 7) is 1.50. The molecule has 0 unspecified atom stereocenters. The van der Waals surface area contributed by atoms with Crippen molar-refractivity contribution in [2.45, 2.75) is 44.6 Å². The van der Waals surface area contributed by atoms with Crippen molar-refractivity contribution in [2.24, 2.45) is 0 Å². The summed E-state index contributed by atoms with van der Waals surface area (Å²) in [4.78, 5) is 32.8. The molecule has 29 heavy (non-hydrogen) atoms. The lowest BCUT2D eigenvalue weighted by molar-refractivity contribution is -0.141. The molecule has 154 valence electrons. The van der Waals surface area contributed by atoms with Gasteiger partial charge in [0.2, 0.25) is 17.7 Å². The van der Waals surface area contributed by atoms with E-state index in [4.69, 9.17) is 9.15 Å². The highest BCUT2D eigenvalue weighted by Gasteiger charge is 2.33. The van der Waals surface area contributed by atoms with Crippen molar-refractivity contribution in [1.82, 2.24) is 14.8 Å². The number of ether oxygens (including phenoxy) is 1. The number of amides is 2. The summed E-state index contributed by atoms with van der Waals surface area (Å²) in [5.41, 5.74) is 1.03. The zero-order chi connectivity index (χ0) is 20.2. The maximum Gasteiger partial charge on any atom is 0.242 e. The van der Waals surface area contributed by atoms with E-state index in [0.717, 1.165) is 42.8 Å². The minimum atomic E-state index is -0.166. The number of hydrogen-bond donors (Lipinski definition) is 0. The first-order chi connectivity index (χ1) is 14.2. The van der Waals surface area contributed by atoms with Crippen LogP contribution >= 0.6 is 0 Å². The predicted molar refractivity (Wildman–Crippen MR) is 106 cm³/mol. The summed E-state index contributed by atoms with van der Waals surface area (Å²) in [6, 6.07) is 7.67. The Bertz CT molecular complexity index is 878. The predicted octanol–water partition coefficient (Wildman–Crippen LogP) is 2.95. The van der Waals surface area contributed by atoms with E-state index in [-0.39, 0.29) is 24.4 Å². The standard InChI is InChI=1S/C22H27N3O4/c1-28-19-9-3-2-7-16(19)13-17-14-23-22(29-17)18-8-4-5-12-25(18)21(27)15-24-11-6-10-20(24)26/h2-3,7,9,14,18H,4-6,8,10-13,15H2,1H3/t18-/m0/s1. The van der Waals surface area contributed by atoms with E-state index in [1.807, 2.05) is 29.2 Å². The van der Waals surface area contributed by atoms with Crippen molar-refractivity contribution in [3.05, 3.63) is 47.7 Å². The number of benzene rings is 1. The van der Waals surface area contributed by atoms with Crippen LogP contribution in [0.15, 0.2) is 34.9 Å². The van der Waals surface area contributed by atoms with Gasteiger partial charge >= 0.3 is 0 Å². The van der Waals surface area contributed by atoms with E-state index in [2.05, 4.69) is 4.98 Å². The van der Waals surface area contributed by atoms with Crippen LogP contribution in [0.25, 0.3) is 0 Å². The van der Waals surface area contributed by atoms with Crippen molar-refractivity contribution in [2.75, 3.05) is 26.7 Å². The van der Waals surface area contributed by atoms with Crippen LogP contribution in [-0.2, 0) is 16.0 Å². The van der Waals surface area contributed by atoms with Crippen molar-refractivity contribution in [3.63, 3.8) is 0 Å². The minimum absolute atomic E-state index is 0.0190. The summed E-state index contributed by atoms with van der Waals surface area (Å²) < 4.78 is 11.5. The Hall–Kier alpha value is -2.83. The second-order valence-electron chi connectivity index (χ2n) is 7.67. The van der Waals surface area contributed by atoms with Crippen LogP contribution in [0.2, 0.25) is 0 Å². The Morgan fingerprint density at radius 1 is 1.24 bits per heavy atom. The van der Waals surface area contributed by atoms with Crippen molar-refractivity contribution >= 4 is 11.8 Å². The van der Waals surface area contributed by atoms with Gasteiger partial charge in [-0.2, -0.15) is 0 Å². The second-order valence-corrected chi connectivity index (χ2v) is 7.67. The zero-order valence-electron chi connectivity index (χ0n) is 16.8. The van der Waals surface area contributed by atoms with Gasteiger partial charge in [0.1, 0.15) is 17.6 Å². The fourth-order valence-corrected chi connectivity index (χ4v) is 4.21. The molecule has 2 aliphatic heterocycles. The minimum Gasteiger partial charge on any atom is -0.496 e. The number of nitrogens with zero attached hydrogens (tertiary/aromatic N) is 3. The summed E-state index contributed by atoms with van der Waals surface area (Å²) in [5, 5.41) is 0. The van der Waals surface area contributed by atoms with Crippen LogP contribution in [-0.4, -0.2) is 53.3 Å². The molecule has 7 heteroatoms. The monoisotopic (exact) mass is 397 g/mol. The summed E-state index contributed by atoms with van der Waals surface area (Å²) in [6.07, 6.45) is 6.52. The molecule has 0 N–H and O–H groups in total. The van der Waals surface area contributed by atoms with Crippen molar-refractivity contribution < 1.29 is 18.7 Å².